The van der Waals surface area contributed by atoms with Gasteiger partial charge >= 0.3 is 0 Å². The molecule has 0 aliphatic carbocycles. The van der Waals surface area contributed by atoms with Crippen LogP contribution in [0.3, 0.4) is 0 Å². The summed E-state index contributed by atoms with van der Waals surface area (Å²) in [5, 5.41) is 0. The minimum Gasteiger partial charge on any atom is -0.381 e. The van der Waals surface area contributed by atoms with Crippen molar-refractivity contribution in [3.63, 3.8) is 0 Å². The first-order chi connectivity index (χ1) is 5.27. The maximum atomic E-state index is 5.41. The van der Waals surface area contributed by atoms with Gasteiger partial charge in [-0.2, -0.15) is 0 Å². The lowest BCUT2D eigenvalue weighted by molar-refractivity contribution is 0.145. The van der Waals surface area contributed by atoms with Gasteiger partial charge in [0, 0.05) is 31.0 Å². The molecule has 2 aliphatic rings. The van der Waals surface area contributed by atoms with Gasteiger partial charge in [0.25, 0.3) is 0 Å². The van der Waals surface area contributed by atoms with Gasteiger partial charge in [0.1, 0.15) is 0 Å². The summed E-state index contributed by atoms with van der Waals surface area (Å²) in [5.74, 6) is 1.69. The number of fused-ring (bicyclic) bond motifs is 1. The standard InChI is InChI=1S/C9H17NO/c1-7(2)10-3-8-5-11-6-9(8)4-10/h7-9H,3-6H2,1-2H3/t8-,9?/m1/s1. The van der Waals surface area contributed by atoms with Crippen LogP contribution in [-0.2, 0) is 4.74 Å². The van der Waals surface area contributed by atoms with Crippen molar-refractivity contribution in [2.45, 2.75) is 19.9 Å². The predicted octanol–water partition coefficient (Wildman–Crippen LogP) is 0.973. The summed E-state index contributed by atoms with van der Waals surface area (Å²) in [6, 6.07) is 0.723. The van der Waals surface area contributed by atoms with Crippen LogP contribution in [0.2, 0.25) is 0 Å². The molecule has 2 aliphatic heterocycles. The van der Waals surface area contributed by atoms with Crippen molar-refractivity contribution in [3.8, 4) is 0 Å². The lowest BCUT2D eigenvalue weighted by atomic mass is 10.0. The zero-order valence-corrected chi connectivity index (χ0v) is 7.42. The molecular weight excluding hydrogens is 138 g/mol. The van der Waals surface area contributed by atoms with Crippen molar-refractivity contribution < 1.29 is 4.74 Å². The molecule has 1 unspecified atom stereocenters. The Morgan fingerprint density at radius 1 is 1.18 bits per heavy atom. The van der Waals surface area contributed by atoms with E-state index in [1.165, 1.54) is 13.1 Å². The fraction of sp³-hybridized carbons (Fsp3) is 1.00. The molecule has 0 spiro atoms. The molecule has 2 nitrogen and oxygen atoms in total. The fourth-order valence-electron chi connectivity index (χ4n) is 2.15. The summed E-state index contributed by atoms with van der Waals surface area (Å²) in [4.78, 5) is 2.57. The highest BCUT2D eigenvalue weighted by atomic mass is 16.5. The lowest BCUT2D eigenvalue weighted by Gasteiger charge is -2.20. The Morgan fingerprint density at radius 3 is 2.18 bits per heavy atom. The van der Waals surface area contributed by atoms with E-state index in [0.717, 1.165) is 31.1 Å². The molecule has 0 saturated carbocycles. The first-order valence-corrected chi connectivity index (χ1v) is 4.59. The van der Waals surface area contributed by atoms with E-state index in [0.29, 0.717) is 0 Å². The molecule has 2 atom stereocenters. The van der Waals surface area contributed by atoms with Crippen LogP contribution in [0, 0.1) is 11.8 Å². The Hall–Kier alpha value is -0.0800. The smallest absolute Gasteiger partial charge is 0.0510 e. The lowest BCUT2D eigenvalue weighted by Crippen LogP contribution is -2.29. The molecule has 2 heteroatoms. The maximum Gasteiger partial charge on any atom is 0.0510 e. The van der Waals surface area contributed by atoms with Gasteiger partial charge in [-0.1, -0.05) is 0 Å². The molecule has 0 amide bonds. The number of likely N-dealkylation sites (tertiary alicyclic amines) is 1. The molecule has 64 valence electrons. The van der Waals surface area contributed by atoms with E-state index in [9.17, 15) is 0 Å². The van der Waals surface area contributed by atoms with Gasteiger partial charge in [-0.15, -0.1) is 0 Å². The van der Waals surface area contributed by atoms with Crippen LogP contribution in [-0.4, -0.2) is 37.2 Å². The quantitative estimate of drug-likeness (QED) is 0.559. The average Bonchev–Trinajstić information content (AvgIpc) is 2.40. The summed E-state index contributed by atoms with van der Waals surface area (Å²) >= 11 is 0. The molecule has 0 bridgehead atoms. The summed E-state index contributed by atoms with van der Waals surface area (Å²) in [6.45, 7) is 9.11. The van der Waals surface area contributed by atoms with E-state index in [1.807, 2.05) is 0 Å². The van der Waals surface area contributed by atoms with Crippen molar-refractivity contribution in [3.05, 3.63) is 0 Å². The Morgan fingerprint density at radius 2 is 1.73 bits per heavy atom. The second-order valence-corrected chi connectivity index (χ2v) is 4.11. The Balaban J connectivity index is 1.94. The molecule has 0 N–H and O–H groups in total. The first kappa shape index (κ1) is 7.56. The zero-order chi connectivity index (χ0) is 7.84. The van der Waals surface area contributed by atoms with Crippen molar-refractivity contribution in [2.75, 3.05) is 26.3 Å². The van der Waals surface area contributed by atoms with Gasteiger partial charge in [-0.05, 0) is 13.8 Å². The third-order valence-electron chi connectivity index (χ3n) is 3.00. The Bertz CT molecular complexity index is 134. The second kappa shape index (κ2) is 2.76. The summed E-state index contributed by atoms with van der Waals surface area (Å²) < 4.78 is 5.41. The van der Waals surface area contributed by atoms with Gasteiger partial charge in [-0.3, -0.25) is 0 Å². The summed E-state index contributed by atoms with van der Waals surface area (Å²) in [5.41, 5.74) is 0. The molecule has 2 fully saturated rings. The van der Waals surface area contributed by atoms with Gasteiger partial charge in [0.2, 0.25) is 0 Å². The van der Waals surface area contributed by atoms with E-state index in [1.54, 1.807) is 0 Å². The van der Waals surface area contributed by atoms with E-state index in [-0.39, 0.29) is 0 Å². The fourth-order valence-corrected chi connectivity index (χ4v) is 2.15. The van der Waals surface area contributed by atoms with E-state index in [4.69, 9.17) is 4.74 Å². The Kier molecular flexibility index (Phi) is 1.90. The van der Waals surface area contributed by atoms with Crippen LogP contribution in [0.25, 0.3) is 0 Å². The van der Waals surface area contributed by atoms with Crippen molar-refractivity contribution in [1.29, 1.82) is 0 Å². The number of rotatable bonds is 1. The number of hydrogen-bond acceptors (Lipinski definition) is 2. The maximum absolute atomic E-state index is 5.41. The van der Waals surface area contributed by atoms with Gasteiger partial charge < -0.3 is 9.64 Å². The summed E-state index contributed by atoms with van der Waals surface area (Å²) in [6.07, 6.45) is 0. The monoisotopic (exact) mass is 155 g/mol. The number of ether oxygens (including phenoxy) is 1. The SMILES string of the molecule is CC(C)N1CC2COC[C@H]2C1. The highest BCUT2D eigenvalue weighted by Gasteiger charge is 2.37. The zero-order valence-electron chi connectivity index (χ0n) is 7.42. The Labute approximate surface area is 68.5 Å². The average molecular weight is 155 g/mol. The van der Waals surface area contributed by atoms with Crippen molar-refractivity contribution >= 4 is 0 Å². The molecular formula is C9H17NO. The molecule has 2 rings (SSSR count). The van der Waals surface area contributed by atoms with E-state index in [2.05, 4.69) is 18.7 Å². The summed E-state index contributed by atoms with van der Waals surface area (Å²) in [7, 11) is 0. The first-order valence-electron chi connectivity index (χ1n) is 4.59. The number of nitrogens with zero attached hydrogens (tertiary/aromatic N) is 1. The third-order valence-corrected chi connectivity index (χ3v) is 3.00. The van der Waals surface area contributed by atoms with E-state index >= 15 is 0 Å². The molecule has 0 aromatic rings. The third kappa shape index (κ3) is 1.30. The highest BCUT2D eigenvalue weighted by molar-refractivity contribution is 4.88. The largest absolute Gasteiger partial charge is 0.381 e. The minimum atomic E-state index is 0.723. The molecule has 0 aromatic carbocycles. The predicted molar refractivity (Wildman–Crippen MR) is 44.5 cm³/mol. The topological polar surface area (TPSA) is 12.5 Å². The van der Waals surface area contributed by atoms with Crippen LogP contribution in [0.5, 0.6) is 0 Å². The van der Waals surface area contributed by atoms with Crippen LogP contribution < -0.4 is 0 Å². The van der Waals surface area contributed by atoms with Crippen molar-refractivity contribution in [1.82, 2.24) is 4.90 Å². The molecule has 2 saturated heterocycles. The molecule has 0 radical (unpaired) electrons. The van der Waals surface area contributed by atoms with Crippen LogP contribution in [0.15, 0.2) is 0 Å². The normalized spacial score (nSPS) is 38.5. The molecule has 0 aromatic heterocycles. The van der Waals surface area contributed by atoms with Gasteiger partial charge in [0.15, 0.2) is 0 Å². The van der Waals surface area contributed by atoms with Crippen LogP contribution in [0.4, 0.5) is 0 Å². The minimum absolute atomic E-state index is 0.723. The van der Waals surface area contributed by atoms with E-state index < -0.39 is 0 Å². The van der Waals surface area contributed by atoms with Crippen LogP contribution in [0.1, 0.15) is 13.8 Å². The van der Waals surface area contributed by atoms with Crippen LogP contribution >= 0.6 is 0 Å². The highest BCUT2D eigenvalue weighted by Crippen LogP contribution is 2.29. The van der Waals surface area contributed by atoms with Gasteiger partial charge in [-0.25, -0.2) is 0 Å². The van der Waals surface area contributed by atoms with Crippen molar-refractivity contribution in [2.24, 2.45) is 11.8 Å². The molecule has 2 heterocycles. The second-order valence-electron chi connectivity index (χ2n) is 4.11. The number of hydrogen-bond donors (Lipinski definition) is 0. The van der Waals surface area contributed by atoms with Gasteiger partial charge in [0.05, 0.1) is 13.2 Å². The molecule has 11 heavy (non-hydrogen) atoms.